The summed E-state index contributed by atoms with van der Waals surface area (Å²) in [5.74, 6) is -0.652. The smallest absolute Gasteiger partial charge is 0.247 e. The third-order valence-corrected chi connectivity index (χ3v) is 6.24. The molecular formula is C27H32N4O4. The zero-order chi connectivity index (χ0) is 25.5. The SMILES string of the molecule is CC(=O)N(C)C(C)C(=O)Nc1ccc(/C=C/c2ccc(NC(=O)C3CCCN3C(C)=O)cc2)cc1. The molecule has 2 N–H and O–H groups in total. The van der Waals surface area contributed by atoms with Crippen molar-refractivity contribution in [2.45, 2.75) is 45.7 Å². The number of amides is 4. The summed E-state index contributed by atoms with van der Waals surface area (Å²) in [6.07, 6.45) is 5.43. The van der Waals surface area contributed by atoms with Gasteiger partial charge in [0.05, 0.1) is 0 Å². The first kappa shape index (κ1) is 25.7. The highest BCUT2D eigenvalue weighted by Gasteiger charge is 2.32. The van der Waals surface area contributed by atoms with E-state index in [2.05, 4.69) is 10.6 Å². The summed E-state index contributed by atoms with van der Waals surface area (Å²) in [5.41, 5.74) is 3.27. The number of hydrogen-bond acceptors (Lipinski definition) is 4. The standard InChI is InChI=1S/C27H32N4O4/c1-18(30(4)19(2)32)26(34)28-23-13-9-21(10-14-23)7-8-22-11-15-24(16-12-22)29-27(35)25-6-5-17-31(25)20(3)33/h7-16,18,25H,5-6,17H2,1-4H3,(H,28,34)(H,29,35)/b8-7+. The molecule has 35 heavy (non-hydrogen) atoms. The predicted octanol–water partition coefficient (Wildman–Crippen LogP) is 3.61. The molecule has 1 aliphatic heterocycles. The van der Waals surface area contributed by atoms with Gasteiger partial charge < -0.3 is 20.4 Å². The van der Waals surface area contributed by atoms with E-state index in [0.717, 1.165) is 17.5 Å². The Morgan fingerprint density at radius 2 is 1.43 bits per heavy atom. The van der Waals surface area contributed by atoms with E-state index in [1.165, 1.54) is 18.7 Å². The Morgan fingerprint density at radius 3 is 1.91 bits per heavy atom. The van der Waals surface area contributed by atoms with Crippen LogP contribution in [0, 0.1) is 0 Å². The van der Waals surface area contributed by atoms with Crippen LogP contribution in [0.4, 0.5) is 11.4 Å². The van der Waals surface area contributed by atoms with Crippen LogP contribution >= 0.6 is 0 Å². The molecule has 0 aliphatic carbocycles. The number of carbonyl (C=O) groups excluding carboxylic acids is 4. The summed E-state index contributed by atoms with van der Waals surface area (Å²) in [7, 11) is 1.60. The summed E-state index contributed by atoms with van der Waals surface area (Å²) in [6.45, 7) is 5.22. The third kappa shape index (κ3) is 6.79. The molecular weight excluding hydrogens is 444 g/mol. The van der Waals surface area contributed by atoms with E-state index in [0.29, 0.717) is 24.3 Å². The van der Waals surface area contributed by atoms with Gasteiger partial charge in [-0.3, -0.25) is 19.2 Å². The monoisotopic (exact) mass is 476 g/mol. The van der Waals surface area contributed by atoms with Crippen LogP contribution in [0.3, 0.4) is 0 Å². The fourth-order valence-corrected chi connectivity index (χ4v) is 3.88. The normalized spacial score (nSPS) is 16.1. The number of carbonyl (C=O) groups is 4. The molecule has 0 bridgehead atoms. The minimum atomic E-state index is -0.564. The number of benzene rings is 2. The van der Waals surface area contributed by atoms with Crippen molar-refractivity contribution in [2.75, 3.05) is 24.2 Å². The molecule has 0 aromatic heterocycles. The molecule has 8 nitrogen and oxygen atoms in total. The number of anilines is 2. The first-order valence-electron chi connectivity index (χ1n) is 11.7. The van der Waals surface area contributed by atoms with Gasteiger partial charge in [-0.05, 0) is 55.2 Å². The minimum Gasteiger partial charge on any atom is -0.334 e. The second-order valence-electron chi connectivity index (χ2n) is 8.73. The zero-order valence-electron chi connectivity index (χ0n) is 20.6. The van der Waals surface area contributed by atoms with E-state index >= 15 is 0 Å². The second kappa shape index (κ2) is 11.5. The Bertz CT molecular complexity index is 1110. The molecule has 2 aromatic rings. The van der Waals surface area contributed by atoms with Gasteiger partial charge in [0.1, 0.15) is 12.1 Å². The van der Waals surface area contributed by atoms with Crippen LogP contribution < -0.4 is 10.6 Å². The Labute approximate surface area is 206 Å². The summed E-state index contributed by atoms with van der Waals surface area (Å²) in [5, 5.41) is 5.72. The fraction of sp³-hybridized carbons (Fsp3) is 0.333. The molecule has 0 spiro atoms. The average molecular weight is 477 g/mol. The molecule has 0 radical (unpaired) electrons. The summed E-state index contributed by atoms with van der Waals surface area (Å²) < 4.78 is 0. The summed E-state index contributed by atoms with van der Waals surface area (Å²) in [6, 6.07) is 13.9. The minimum absolute atomic E-state index is 0.0753. The van der Waals surface area contributed by atoms with Gasteiger partial charge in [-0.1, -0.05) is 36.4 Å². The lowest BCUT2D eigenvalue weighted by Gasteiger charge is -2.22. The van der Waals surface area contributed by atoms with Gasteiger partial charge in [-0.25, -0.2) is 0 Å². The lowest BCUT2D eigenvalue weighted by molar-refractivity contribution is -0.134. The Balaban J connectivity index is 1.54. The Hall–Kier alpha value is -3.94. The van der Waals surface area contributed by atoms with Gasteiger partial charge in [0.15, 0.2) is 0 Å². The maximum absolute atomic E-state index is 12.6. The number of rotatable bonds is 7. The molecule has 4 amide bonds. The quantitative estimate of drug-likeness (QED) is 0.597. The van der Waals surface area contributed by atoms with E-state index < -0.39 is 12.1 Å². The number of nitrogens with one attached hydrogen (secondary N) is 2. The molecule has 1 heterocycles. The highest BCUT2D eigenvalue weighted by molar-refractivity contribution is 5.98. The topological polar surface area (TPSA) is 98.8 Å². The van der Waals surface area contributed by atoms with Crippen LogP contribution in [-0.4, -0.2) is 59.1 Å². The van der Waals surface area contributed by atoms with Gasteiger partial charge >= 0.3 is 0 Å². The molecule has 1 saturated heterocycles. The van der Waals surface area contributed by atoms with Gasteiger partial charge in [0.25, 0.3) is 0 Å². The maximum Gasteiger partial charge on any atom is 0.247 e. The van der Waals surface area contributed by atoms with Crippen LogP contribution in [0.15, 0.2) is 48.5 Å². The fourth-order valence-electron chi connectivity index (χ4n) is 3.88. The van der Waals surface area contributed by atoms with Crippen LogP contribution in [-0.2, 0) is 19.2 Å². The van der Waals surface area contributed by atoms with Crippen molar-refractivity contribution in [1.82, 2.24) is 9.80 Å². The average Bonchev–Trinajstić information content (AvgIpc) is 3.34. The van der Waals surface area contributed by atoms with E-state index in [9.17, 15) is 19.2 Å². The first-order valence-corrected chi connectivity index (χ1v) is 11.7. The highest BCUT2D eigenvalue weighted by Crippen LogP contribution is 2.20. The lowest BCUT2D eigenvalue weighted by Crippen LogP contribution is -2.42. The highest BCUT2D eigenvalue weighted by atomic mass is 16.2. The van der Waals surface area contributed by atoms with Crippen molar-refractivity contribution in [3.8, 4) is 0 Å². The molecule has 8 heteroatoms. The number of likely N-dealkylation sites (N-methyl/N-ethyl adjacent to an activating group) is 1. The van der Waals surface area contributed by atoms with Crippen LogP contribution in [0.25, 0.3) is 12.2 Å². The van der Waals surface area contributed by atoms with E-state index in [-0.39, 0.29) is 23.6 Å². The van der Waals surface area contributed by atoms with Crippen LogP contribution in [0.5, 0.6) is 0 Å². The van der Waals surface area contributed by atoms with Gasteiger partial charge in [0.2, 0.25) is 23.6 Å². The number of hydrogen-bond donors (Lipinski definition) is 2. The number of likely N-dealkylation sites (tertiary alicyclic amines) is 1. The maximum atomic E-state index is 12.6. The van der Waals surface area contributed by atoms with Gasteiger partial charge in [0, 0.05) is 38.8 Å². The molecule has 2 atom stereocenters. The molecule has 1 aliphatic rings. The number of nitrogens with zero attached hydrogens (tertiary/aromatic N) is 2. The van der Waals surface area contributed by atoms with Crippen LogP contribution in [0.2, 0.25) is 0 Å². The van der Waals surface area contributed by atoms with Crippen molar-refractivity contribution in [3.05, 3.63) is 59.7 Å². The van der Waals surface area contributed by atoms with Crippen LogP contribution in [0.1, 0.15) is 44.7 Å². The third-order valence-electron chi connectivity index (χ3n) is 6.24. The van der Waals surface area contributed by atoms with Crippen molar-refractivity contribution >= 4 is 47.2 Å². The van der Waals surface area contributed by atoms with Crippen molar-refractivity contribution in [2.24, 2.45) is 0 Å². The van der Waals surface area contributed by atoms with E-state index in [1.807, 2.05) is 60.7 Å². The summed E-state index contributed by atoms with van der Waals surface area (Å²) in [4.78, 5) is 51.0. The van der Waals surface area contributed by atoms with Gasteiger partial charge in [-0.2, -0.15) is 0 Å². The summed E-state index contributed by atoms with van der Waals surface area (Å²) >= 11 is 0. The second-order valence-corrected chi connectivity index (χ2v) is 8.73. The molecule has 3 rings (SSSR count). The molecule has 1 fully saturated rings. The largest absolute Gasteiger partial charge is 0.334 e. The van der Waals surface area contributed by atoms with E-state index in [4.69, 9.17) is 0 Å². The Kier molecular flexibility index (Phi) is 8.41. The van der Waals surface area contributed by atoms with Crippen molar-refractivity contribution < 1.29 is 19.2 Å². The Morgan fingerprint density at radius 1 is 0.914 bits per heavy atom. The molecule has 184 valence electrons. The first-order chi connectivity index (χ1) is 16.7. The zero-order valence-corrected chi connectivity index (χ0v) is 20.6. The molecule has 2 unspecified atom stereocenters. The predicted molar refractivity (Wildman–Crippen MR) is 137 cm³/mol. The lowest BCUT2D eigenvalue weighted by atomic mass is 10.1. The van der Waals surface area contributed by atoms with Crippen molar-refractivity contribution in [3.63, 3.8) is 0 Å². The van der Waals surface area contributed by atoms with E-state index in [1.54, 1.807) is 18.9 Å². The van der Waals surface area contributed by atoms with Gasteiger partial charge in [-0.15, -0.1) is 0 Å². The van der Waals surface area contributed by atoms with Crippen molar-refractivity contribution in [1.29, 1.82) is 0 Å². The molecule has 0 saturated carbocycles. The molecule has 2 aromatic carbocycles.